The van der Waals surface area contributed by atoms with Crippen LogP contribution in [0.1, 0.15) is 34.8 Å². The smallest absolute Gasteiger partial charge is 0.311 e. The Morgan fingerprint density at radius 3 is 2.45 bits per heavy atom. The van der Waals surface area contributed by atoms with Crippen LogP contribution >= 0.6 is 0 Å². The quantitative estimate of drug-likeness (QED) is 0.458. The monoisotopic (exact) mass is 299 g/mol. The number of nitro groups is 1. The van der Waals surface area contributed by atoms with Gasteiger partial charge in [0.2, 0.25) is 0 Å². The van der Waals surface area contributed by atoms with Crippen LogP contribution in [0.5, 0.6) is 5.75 Å². The van der Waals surface area contributed by atoms with Crippen LogP contribution in [0.15, 0.2) is 42.5 Å². The highest BCUT2D eigenvalue weighted by Crippen LogP contribution is 2.29. The molecule has 0 heterocycles. The van der Waals surface area contributed by atoms with Crippen LogP contribution in [0.3, 0.4) is 0 Å². The van der Waals surface area contributed by atoms with Crippen molar-refractivity contribution >= 4 is 11.5 Å². The van der Waals surface area contributed by atoms with Gasteiger partial charge in [-0.15, -0.1) is 0 Å². The van der Waals surface area contributed by atoms with Crippen LogP contribution in [0, 0.1) is 17.0 Å². The largest absolute Gasteiger partial charge is 0.482 e. The molecule has 0 aliphatic rings. The number of benzene rings is 2. The molecular formula is C17H17NO4. The highest BCUT2D eigenvalue weighted by molar-refractivity contribution is 5.96. The van der Waals surface area contributed by atoms with Gasteiger partial charge in [-0.3, -0.25) is 14.9 Å². The normalized spacial score (nSPS) is 10.3. The molecule has 114 valence electrons. The molecule has 0 aliphatic heterocycles. The van der Waals surface area contributed by atoms with E-state index in [4.69, 9.17) is 4.74 Å². The number of ether oxygens (including phenoxy) is 1. The summed E-state index contributed by atoms with van der Waals surface area (Å²) in [6.45, 7) is 3.94. The number of hydrogen-bond donors (Lipinski definition) is 0. The van der Waals surface area contributed by atoms with Crippen LogP contribution in [0.2, 0.25) is 0 Å². The highest BCUT2D eigenvalue weighted by Gasteiger charge is 2.18. The van der Waals surface area contributed by atoms with E-state index in [1.807, 2.05) is 31.2 Å². The van der Waals surface area contributed by atoms with Crippen molar-refractivity contribution < 1.29 is 14.5 Å². The zero-order chi connectivity index (χ0) is 16.1. The van der Waals surface area contributed by atoms with E-state index < -0.39 is 4.92 Å². The summed E-state index contributed by atoms with van der Waals surface area (Å²) in [5, 5.41) is 11.2. The Balaban J connectivity index is 2.21. The summed E-state index contributed by atoms with van der Waals surface area (Å²) in [6.07, 6.45) is 0.306. The van der Waals surface area contributed by atoms with Gasteiger partial charge in [0.1, 0.15) is 6.61 Å². The molecule has 0 N–H and O–H groups in total. The van der Waals surface area contributed by atoms with E-state index in [-0.39, 0.29) is 23.8 Å². The third kappa shape index (κ3) is 3.69. The second-order valence-electron chi connectivity index (χ2n) is 4.99. The summed E-state index contributed by atoms with van der Waals surface area (Å²) in [5.74, 6) is 0.0337. The van der Waals surface area contributed by atoms with Crippen molar-refractivity contribution in [3.8, 4) is 5.75 Å². The molecule has 22 heavy (non-hydrogen) atoms. The third-order valence-electron chi connectivity index (χ3n) is 3.31. The van der Waals surface area contributed by atoms with Crippen LogP contribution in [-0.4, -0.2) is 10.7 Å². The first kappa shape index (κ1) is 15.7. The minimum atomic E-state index is -0.531. The first-order valence-electron chi connectivity index (χ1n) is 7.01. The van der Waals surface area contributed by atoms with Crippen LogP contribution in [0.4, 0.5) is 5.69 Å². The van der Waals surface area contributed by atoms with Gasteiger partial charge < -0.3 is 4.74 Å². The summed E-state index contributed by atoms with van der Waals surface area (Å²) in [4.78, 5) is 22.3. The van der Waals surface area contributed by atoms with E-state index in [9.17, 15) is 14.9 Å². The Kier molecular flexibility index (Phi) is 4.88. The molecule has 0 saturated carbocycles. The molecule has 0 atom stereocenters. The van der Waals surface area contributed by atoms with E-state index in [0.29, 0.717) is 12.0 Å². The molecular weight excluding hydrogens is 282 g/mol. The Morgan fingerprint density at radius 2 is 1.86 bits per heavy atom. The number of Topliss-reactive ketones (excluding diaryl/α,β-unsaturated/α-hetero) is 1. The van der Waals surface area contributed by atoms with Crippen molar-refractivity contribution in [1.82, 2.24) is 0 Å². The van der Waals surface area contributed by atoms with Gasteiger partial charge in [-0.25, -0.2) is 0 Å². The van der Waals surface area contributed by atoms with Gasteiger partial charge in [0.15, 0.2) is 11.5 Å². The second-order valence-corrected chi connectivity index (χ2v) is 4.99. The fraction of sp³-hybridized carbons (Fsp3) is 0.235. The van der Waals surface area contributed by atoms with Crippen LogP contribution in [0.25, 0.3) is 0 Å². The molecule has 0 saturated heterocycles. The van der Waals surface area contributed by atoms with Crippen LogP contribution in [-0.2, 0) is 6.61 Å². The average molecular weight is 299 g/mol. The van der Waals surface area contributed by atoms with Gasteiger partial charge >= 0.3 is 5.69 Å². The number of carbonyl (C=O) groups is 1. The lowest BCUT2D eigenvalue weighted by molar-refractivity contribution is -0.386. The van der Waals surface area contributed by atoms with Crippen molar-refractivity contribution in [3.05, 3.63) is 69.3 Å². The van der Waals surface area contributed by atoms with Gasteiger partial charge in [-0.05, 0) is 24.6 Å². The van der Waals surface area contributed by atoms with E-state index in [1.54, 1.807) is 13.0 Å². The molecule has 2 rings (SSSR count). The number of hydrogen-bond acceptors (Lipinski definition) is 4. The lowest BCUT2D eigenvalue weighted by Crippen LogP contribution is -2.02. The molecule has 0 bridgehead atoms. The van der Waals surface area contributed by atoms with Gasteiger partial charge in [0.25, 0.3) is 0 Å². The maximum atomic E-state index is 11.6. The van der Waals surface area contributed by atoms with Gasteiger partial charge in [0.05, 0.1) is 4.92 Å². The molecule has 2 aromatic carbocycles. The van der Waals surface area contributed by atoms with E-state index in [1.165, 1.54) is 12.1 Å². The predicted molar refractivity (Wildman–Crippen MR) is 83.2 cm³/mol. The molecule has 0 spiro atoms. The fourth-order valence-electron chi connectivity index (χ4n) is 2.01. The lowest BCUT2D eigenvalue weighted by Gasteiger charge is -2.08. The Labute approximate surface area is 128 Å². The standard InChI is InChI=1S/C17H17NO4/c1-3-16(19)14-8-9-17(15(10-14)18(20)21)22-11-13-6-4-12(2)5-7-13/h4-10H,3,11H2,1-2H3. The zero-order valence-electron chi connectivity index (χ0n) is 12.5. The first-order chi connectivity index (χ1) is 10.5. The predicted octanol–water partition coefficient (Wildman–Crippen LogP) is 4.07. The number of rotatable bonds is 6. The average Bonchev–Trinajstić information content (AvgIpc) is 2.53. The second kappa shape index (κ2) is 6.85. The molecule has 5 nitrogen and oxygen atoms in total. The summed E-state index contributed by atoms with van der Waals surface area (Å²) in [5.41, 5.74) is 2.20. The number of nitrogens with zero attached hydrogens (tertiary/aromatic N) is 1. The Hall–Kier alpha value is -2.69. The lowest BCUT2D eigenvalue weighted by atomic mass is 10.1. The molecule has 0 radical (unpaired) electrons. The highest BCUT2D eigenvalue weighted by atomic mass is 16.6. The third-order valence-corrected chi connectivity index (χ3v) is 3.31. The van der Waals surface area contributed by atoms with Crippen molar-refractivity contribution in [3.63, 3.8) is 0 Å². The van der Waals surface area contributed by atoms with Gasteiger partial charge in [-0.1, -0.05) is 36.8 Å². The SMILES string of the molecule is CCC(=O)c1ccc(OCc2ccc(C)cc2)c([N+](=O)[O-])c1. The molecule has 0 unspecified atom stereocenters. The minimum absolute atomic E-state index is 0.131. The first-order valence-corrected chi connectivity index (χ1v) is 7.01. The van der Waals surface area contributed by atoms with Crippen molar-refractivity contribution in [2.75, 3.05) is 0 Å². The van der Waals surface area contributed by atoms with Crippen molar-refractivity contribution in [2.45, 2.75) is 26.9 Å². The Bertz CT molecular complexity index is 692. The molecule has 0 aliphatic carbocycles. The molecule has 0 amide bonds. The molecule has 5 heteroatoms. The molecule has 2 aromatic rings. The molecule has 0 fully saturated rings. The fourth-order valence-corrected chi connectivity index (χ4v) is 2.01. The van der Waals surface area contributed by atoms with Gasteiger partial charge in [-0.2, -0.15) is 0 Å². The van der Waals surface area contributed by atoms with E-state index in [2.05, 4.69) is 0 Å². The zero-order valence-corrected chi connectivity index (χ0v) is 12.5. The van der Waals surface area contributed by atoms with Crippen molar-refractivity contribution in [2.24, 2.45) is 0 Å². The topological polar surface area (TPSA) is 69.4 Å². The number of nitro benzene ring substituents is 1. The summed E-state index contributed by atoms with van der Waals surface area (Å²) in [6, 6.07) is 12.0. The summed E-state index contributed by atoms with van der Waals surface area (Å²) in [7, 11) is 0. The minimum Gasteiger partial charge on any atom is -0.482 e. The molecule has 0 aromatic heterocycles. The summed E-state index contributed by atoms with van der Waals surface area (Å²) < 4.78 is 5.54. The Morgan fingerprint density at radius 1 is 1.18 bits per heavy atom. The van der Waals surface area contributed by atoms with E-state index >= 15 is 0 Å². The van der Waals surface area contributed by atoms with E-state index in [0.717, 1.165) is 11.1 Å². The maximum absolute atomic E-state index is 11.6. The number of ketones is 1. The van der Waals surface area contributed by atoms with Gasteiger partial charge in [0, 0.05) is 18.1 Å². The number of carbonyl (C=O) groups excluding carboxylic acids is 1. The van der Waals surface area contributed by atoms with Crippen LogP contribution < -0.4 is 4.74 Å². The summed E-state index contributed by atoms with van der Waals surface area (Å²) >= 11 is 0. The van der Waals surface area contributed by atoms with Crippen molar-refractivity contribution in [1.29, 1.82) is 0 Å². The number of aryl methyl sites for hydroxylation is 1. The maximum Gasteiger partial charge on any atom is 0.311 e.